The second-order valence-corrected chi connectivity index (χ2v) is 14.9. The molecule has 0 aliphatic carbocycles. The summed E-state index contributed by atoms with van der Waals surface area (Å²) in [6, 6.07) is 74.5. The number of hydrogen-bond acceptors (Lipinski definition) is 1. The van der Waals surface area contributed by atoms with Crippen LogP contribution in [-0.4, -0.2) is 9.13 Å². The molecule has 266 valence electrons. The van der Waals surface area contributed by atoms with Crippen molar-refractivity contribution in [3.63, 3.8) is 0 Å². The molecule has 0 saturated heterocycles. The van der Waals surface area contributed by atoms with Crippen molar-refractivity contribution in [3.8, 4) is 44.8 Å². The number of rotatable bonds is 5. The molecule has 0 aliphatic heterocycles. The second-order valence-electron chi connectivity index (χ2n) is 14.9. The first kappa shape index (κ1) is 31.7. The molecule has 0 saturated carbocycles. The van der Waals surface area contributed by atoms with E-state index in [2.05, 4.69) is 209 Å². The average molecular weight is 727 g/mol. The van der Waals surface area contributed by atoms with Crippen LogP contribution in [0.4, 0.5) is 0 Å². The third-order valence-corrected chi connectivity index (χ3v) is 11.7. The minimum absolute atomic E-state index is 0.894. The predicted octanol–water partition coefficient (Wildman–Crippen LogP) is 14.8. The zero-order valence-electron chi connectivity index (χ0n) is 30.9. The maximum absolute atomic E-state index is 6.33. The van der Waals surface area contributed by atoms with E-state index in [0.29, 0.717) is 0 Å². The highest BCUT2D eigenvalue weighted by Gasteiger charge is 2.19. The number of aromatic nitrogens is 2. The van der Waals surface area contributed by atoms with Crippen molar-refractivity contribution in [2.24, 2.45) is 0 Å². The smallest absolute Gasteiger partial charge is 0.137 e. The van der Waals surface area contributed by atoms with Crippen molar-refractivity contribution in [1.29, 1.82) is 0 Å². The summed E-state index contributed by atoms with van der Waals surface area (Å²) in [6.45, 7) is 0. The Bertz CT molecular complexity index is 3510. The van der Waals surface area contributed by atoms with Crippen LogP contribution in [0.15, 0.2) is 211 Å². The number of benzene rings is 9. The highest BCUT2D eigenvalue weighted by atomic mass is 16.3. The maximum atomic E-state index is 6.33. The fraction of sp³-hybridized carbons (Fsp3) is 0. The molecule has 0 radical (unpaired) electrons. The molecule has 9 aromatic carbocycles. The normalized spacial score (nSPS) is 11.9. The molecule has 0 aliphatic rings. The Kier molecular flexibility index (Phi) is 6.93. The molecule has 0 amide bonds. The maximum Gasteiger partial charge on any atom is 0.137 e. The van der Waals surface area contributed by atoms with Crippen molar-refractivity contribution < 1.29 is 4.42 Å². The predicted molar refractivity (Wildman–Crippen MR) is 239 cm³/mol. The Labute approximate surface area is 328 Å². The van der Waals surface area contributed by atoms with E-state index in [9.17, 15) is 0 Å². The van der Waals surface area contributed by atoms with Gasteiger partial charge in [-0.05, 0) is 106 Å². The van der Waals surface area contributed by atoms with Gasteiger partial charge in [0.1, 0.15) is 11.2 Å². The van der Waals surface area contributed by atoms with Crippen LogP contribution in [0.3, 0.4) is 0 Å². The fourth-order valence-electron chi connectivity index (χ4n) is 9.10. The summed E-state index contributed by atoms with van der Waals surface area (Å²) in [7, 11) is 0. The minimum Gasteiger partial charge on any atom is -0.456 e. The summed E-state index contributed by atoms with van der Waals surface area (Å²) in [5, 5.41) is 7.16. The van der Waals surface area contributed by atoms with Crippen LogP contribution in [0, 0.1) is 0 Å². The van der Waals surface area contributed by atoms with Gasteiger partial charge < -0.3 is 13.6 Å². The average Bonchev–Trinajstić information content (AvgIpc) is 3.94. The Morgan fingerprint density at radius 1 is 0.281 bits per heavy atom. The number of hydrogen-bond donors (Lipinski definition) is 0. The number of furan rings is 1. The Hall–Kier alpha value is -7.62. The number of fused-ring (bicyclic) bond motifs is 9. The van der Waals surface area contributed by atoms with Gasteiger partial charge in [-0.3, -0.25) is 0 Å². The molecule has 0 fully saturated rings. The van der Waals surface area contributed by atoms with Crippen LogP contribution in [0.25, 0.3) is 110 Å². The number of nitrogens with zero attached hydrogens (tertiary/aromatic N) is 2. The summed E-state index contributed by atoms with van der Waals surface area (Å²) in [5.74, 6) is 0. The highest BCUT2D eigenvalue weighted by molar-refractivity contribution is 6.16. The quantitative estimate of drug-likeness (QED) is 0.173. The Morgan fingerprint density at radius 2 is 0.754 bits per heavy atom. The lowest BCUT2D eigenvalue weighted by atomic mass is 9.99. The molecule has 12 aromatic rings. The summed E-state index contributed by atoms with van der Waals surface area (Å²) in [4.78, 5) is 0. The van der Waals surface area contributed by atoms with Gasteiger partial charge in [0.2, 0.25) is 0 Å². The van der Waals surface area contributed by atoms with Crippen LogP contribution in [-0.2, 0) is 0 Å². The molecule has 3 aromatic heterocycles. The van der Waals surface area contributed by atoms with E-state index in [4.69, 9.17) is 4.42 Å². The molecule has 0 N–H and O–H groups in total. The lowest BCUT2D eigenvalue weighted by Crippen LogP contribution is -1.95. The summed E-state index contributed by atoms with van der Waals surface area (Å²) >= 11 is 0. The van der Waals surface area contributed by atoms with Gasteiger partial charge in [-0.1, -0.05) is 133 Å². The van der Waals surface area contributed by atoms with E-state index < -0.39 is 0 Å². The standard InChI is InChI=1S/C54H34N2O/c1-3-13-35(14-4-1)37-17-11-18-41(31-37)55-48-28-25-38(36-15-5-2-6-16-36)32-45(48)46-34-40(26-29-49(46)55)39-27-30-50-44(33-39)42-19-7-9-21-47(42)56(50)51-22-12-24-53-54(51)43-20-8-10-23-52(43)57-53/h1-34H. The van der Waals surface area contributed by atoms with Gasteiger partial charge in [0.05, 0.1) is 33.1 Å². The van der Waals surface area contributed by atoms with Crippen LogP contribution >= 0.6 is 0 Å². The molecular weight excluding hydrogens is 693 g/mol. The molecule has 57 heavy (non-hydrogen) atoms. The SMILES string of the molecule is c1ccc(-c2cccc(-n3c4ccc(-c5ccccc5)cc4c4cc(-c5ccc6c(c5)c5ccccc5n6-c5cccc6oc7ccccc7c56)ccc43)c2)cc1. The molecule has 3 nitrogen and oxygen atoms in total. The molecule has 0 bridgehead atoms. The first-order chi connectivity index (χ1) is 28.3. The largest absolute Gasteiger partial charge is 0.456 e. The summed E-state index contributed by atoms with van der Waals surface area (Å²) in [5.41, 5.74) is 16.0. The Balaban J connectivity index is 1.07. The van der Waals surface area contributed by atoms with Gasteiger partial charge in [-0.2, -0.15) is 0 Å². The summed E-state index contributed by atoms with van der Waals surface area (Å²) in [6.07, 6.45) is 0. The fourth-order valence-corrected chi connectivity index (χ4v) is 9.10. The van der Waals surface area contributed by atoms with Crippen LogP contribution < -0.4 is 0 Å². The van der Waals surface area contributed by atoms with Gasteiger partial charge in [0.25, 0.3) is 0 Å². The second kappa shape index (κ2) is 12.5. The van der Waals surface area contributed by atoms with Gasteiger partial charge >= 0.3 is 0 Å². The first-order valence-electron chi connectivity index (χ1n) is 19.5. The monoisotopic (exact) mass is 726 g/mol. The van der Waals surface area contributed by atoms with E-state index in [1.165, 1.54) is 77.0 Å². The van der Waals surface area contributed by atoms with E-state index in [0.717, 1.165) is 33.3 Å². The van der Waals surface area contributed by atoms with Gasteiger partial charge in [0, 0.05) is 32.6 Å². The topological polar surface area (TPSA) is 23.0 Å². The Morgan fingerprint density at radius 3 is 1.44 bits per heavy atom. The zero-order valence-corrected chi connectivity index (χ0v) is 30.9. The third kappa shape index (κ3) is 4.92. The van der Waals surface area contributed by atoms with Crippen molar-refractivity contribution in [3.05, 3.63) is 206 Å². The van der Waals surface area contributed by atoms with E-state index in [1.807, 2.05) is 6.07 Å². The molecule has 0 atom stereocenters. The molecular formula is C54H34N2O. The summed E-state index contributed by atoms with van der Waals surface area (Å²) < 4.78 is 11.2. The highest BCUT2D eigenvalue weighted by Crippen LogP contribution is 2.42. The lowest BCUT2D eigenvalue weighted by Gasteiger charge is -2.11. The molecule has 3 heterocycles. The van der Waals surface area contributed by atoms with Crippen molar-refractivity contribution in [2.75, 3.05) is 0 Å². The zero-order chi connectivity index (χ0) is 37.5. The first-order valence-corrected chi connectivity index (χ1v) is 19.5. The third-order valence-electron chi connectivity index (χ3n) is 11.7. The van der Waals surface area contributed by atoms with Crippen LogP contribution in [0.1, 0.15) is 0 Å². The number of para-hydroxylation sites is 2. The molecule has 3 heteroatoms. The van der Waals surface area contributed by atoms with E-state index in [-0.39, 0.29) is 0 Å². The van der Waals surface area contributed by atoms with E-state index >= 15 is 0 Å². The molecule has 0 unspecified atom stereocenters. The lowest BCUT2D eigenvalue weighted by molar-refractivity contribution is 0.669. The van der Waals surface area contributed by atoms with Gasteiger partial charge in [-0.15, -0.1) is 0 Å². The van der Waals surface area contributed by atoms with Crippen LogP contribution in [0.5, 0.6) is 0 Å². The van der Waals surface area contributed by atoms with Gasteiger partial charge in [0.15, 0.2) is 0 Å². The van der Waals surface area contributed by atoms with Crippen molar-refractivity contribution >= 4 is 65.6 Å². The van der Waals surface area contributed by atoms with E-state index in [1.54, 1.807) is 0 Å². The minimum atomic E-state index is 0.894. The van der Waals surface area contributed by atoms with Crippen molar-refractivity contribution in [2.45, 2.75) is 0 Å². The van der Waals surface area contributed by atoms with Crippen LogP contribution in [0.2, 0.25) is 0 Å². The van der Waals surface area contributed by atoms with Gasteiger partial charge in [-0.25, -0.2) is 0 Å². The molecule has 0 spiro atoms. The van der Waals surface area contributed by atoms with Crippen molar-refractivity contribution in [1.82, 2.24) is 9.13 Å². The molecule has 12 rings (SSSR count).